The van der Waals surface area contributed by atoms with Crippen molar-refractivity contribution in [3.05, 3.63) is 69.6 Å². The number of nitrogens with zero attached hydrogens (tertiary/aromatic N) is 4. The molecule has 0 spiro atoms. The second-order valence-electron chi connectivity index (χ2n) is 13.2. The largest absolute Gasteiger partial charge is 0.573 e. The maximum Gasteiger partial charge on any atom is 0.573 e. The van der Waals surface area contributed by atoms with Gasteiger partial charge in [0.1, 0.15) is 11.5 Å². The van der Waals surface area contributed by atoms with Crippen LogP contribution in [0.3, 0.4) is 0 Å². The van der Waals surface area contributed by atoms with E-state index in [-0.39, 0.29) is 35.0 Å². The van der Waals surface area contributed by atoms with Crippen LogP contribution >= 0.6 is 0 Å². The Bertz CT molecular complexity index is 1780. The van der Waals surface area contributed by atoms with Crippen molar-refractivity contribution in [3.8, 4) is 35.0 Å². The van der Waals surface area contributed by atoms with Crippen LogP contribution in [0.1, 0.15) is 123 Å². The molecule has 2 aromatic heterocycles. The van der Waals surface area contributed by atoms with E-state index in [1.807, 2.05) is 0 Å². The van der Waals surface area contributed by atoms with Crippen molar-refractivity contribution in [3.63, 3.8) is 0 Å². The summed E-state index contributed by atoms with van der Waals surface area (Å²) < 4.78 is 103. The topological polar surface area (TPSA) is 133 Å². The Kier molecular flexibility index (Phi) is 20.1. The summed E-state index contributed by atoms with van der Waals surface area (Å²) in [5.41, 5.74) is 0.483. The molecular formula is C39H52F6N4O8. The molecule has 4 rings (SSSR count). The van der Waals surface area contributed by atoms with E-state index in [1.54, 1.807) is 0 Å². The smallest absolute Gasteiger partial charge is 0.449 e. The summed E-state index contributed by atoms with van der Waals surface area (Å²) in [6.45, 7) is 5.16. The van der Waals surface area contributed by atoms with Gasteiger partial charge in [-0.1, -0.05) is 120 Å². The highest BCUT2D eigenvalue weighted by molar-refractivity contribution is 5.37. The standard InChI is InChI=1S/C20H27F3N2O4.C19H25F3N2O4/c1-2-3-4-5-6-7-8-9-10-15-27-18-24-25(19(26)28-18)16-11-13-17(14-12-16)29-20(21,22)23;1-2-3-4-5-6-7-8-9-14-26-17-23-24(18(25)27-17)15-10-12-16(13-11-15)28-19(20,21)22/h11-14H,2-10,15H2,1H3;10-13H,2-9,14H2,1H3. The highest BCUT2D eigenvalue weighted by Crippen LogP contribution is 2.25. The average Bonchev–Trinajstić information content (AvgIpc) is 3.72. The molecule has 0 bridgehead atoms. The summed E-state index contributed by atoms with van der Waals surface area (Å²) in [6, 6.07) is 9.45. The number of halogens is 6. The van der Waals surface area contributed by atoms with Crippen LogP contribution in [0.4, 0.5) is 26.3 Å². The zero-order valence-electron chi connectivity index (χ0n) is 32.4. The second-order valence-corrected chi connectivity index (χ2v) is 13.2. The van der Waals surface area contributed by atoms with E-state index in [1.165, 1.54) is 94.9 Å². The van der Waals surface area contributed by atoms with Gasteiger partial charge in [0.15, 0.2) is 0 Å². The SMILES string of the molecule is CCCCCCCCCCCOc1nn(-c2ccc(OC(F)(F)F)cc2)c(=O)o1.CCCCCCCCCCOc1nn(-c2ccc(OC(F)(F)F)cc2)c(=O)o1. The molecule has 2 heterocycles. The third kappa shape index (κ3) is 19.2. The maximum atomic E-state index is 12.2. The zero-order valence-corrected chi connectivity index (χ0v) is 32.4. The number of aromatic nitrogens is 4. The number of hydrogen-bond acceptors (Lipinski definition) is 10. The Balaban J connectivity index is 0.000000306. The van der Waals surface area contributed by atoms with Gasteiger partial charge in [0.2, 0.25) is 0 Å². The van der Waals surface area contributed by atoms with Gasteiger partial charge in [0.05, 0.1) is 24.6 Å². The summed E-state index contributed by atoms with van der Waals surface area (Å²) >= 11 is 0. The van der Waals surface area contributed by atoms with Crippen molar-refractivity contribution < 1.29 is 54.1 Å². The van der Waals surface area contributed by atoms with Crippen molar-refractivity contribution in [2.45, 2.75) is 136 Å². The van der Waals surface area contributed by atoms with Crippen LogP contribution in [0, 0.1) is 0 Å². The molecule has 0 saturated carbocycles. The fourth-order valence-corrected chi connectivity index (χ4v) is 5.51. The number of hydrogen-bond donors (Lipinski definition) is 0. The first-order valence-corrected chi connectivity index (χ1v) is 19.5. The van der Waals surface area contributed by atoms with E-state index in [4.69, 9.17) is 18.3 Å². The van der Waals surface area contributed by atoms with Crippen molar-refractivity contribution in [1.82, 2.24) is 19.6 Å². The number of unbranched alkanes of at least 4 members (excludes halogenated alkanes) is 15. The van der Waals surface area contributed by atoms with Crippen LogP contribution < -0.4 is 30.5 Å². The molecule has 12 nitrogen and oxygen atoms in total. The van der Waals surface area contributed by atoms with Crippen LogP contribution in [0.15, 0.2) is 67.0 Å². The van der Waals surface area contributed by atoms with Gasteiger partial charge in [-0.3, -0.25) is 0 Å². The molecule has 0 radical (unpaired) electrons. The van der Waals surface area contributed by atoms with Gasteiger partial charge in [-0.25, -0.2) is 9.59 Å². The monoisotopic (exact) mass is 818 g/mol. The Morgan fingerprint density at radius 1 is 0.491 bits per heavy atom. The molecule has 57 heavy (non-hydrogen) atoms. The lowest BCUT2D eigenvalue weighted by molar-refractivity contribution is -0.275. The molecule has 0 fully saturated rings. The van der Waals surface area contributed by atoms with Crippen LogP contribution in [0.5, 0.6) is 23.7 Å². The Labute approximate surface area is 327 Å². The Hall–Kier alpha value is -4.90. The van der Waals surface area contributed by atoms with E-state index in [0.29, 0.717) is 13.2 Å². The van der Waals surface area contributed by atoms with Gasteiger partial charge in [0, 0.05) is 0 Å². The minimum absolute atomic E-state index is 0.162. The summed E-state index contributed by atoms with van der Waals surface area (Å²) in [5.74, 6) is -2.34. The van der Waals surface area contributed by atoms with Gasteiger partial charge in [-0.15, -0.1) is 26.3 Å². The van der Waals surface area contributed by atoms with Crippen LogP contribution in [-0.4, -0.2) is 45.5 Å². The summed E-state index contributed by atoms with van der Waals surface area (Å²) in [4.78, 5) is 23.7. The normalized spacial score (nSPS) is 11.6. The quantitative estimate of drug-likeness (QED) is 0.0470. The molecule has 318 valence electrons. The molecule has 0 N–H and O–H groups in total. The van der Waals surface area contributed by atoms with Crippen molar-refractivity contribution >= 4 is 0 Å². The van der Waals surface area contributed by atoms with Gasteiger partial charge in [-0.05, 0) is 61.4 Å². The second kappa shape index (κ2) is 24.7. The van der Waals surface area contributed by atoms with Gasteiger partial charge in [0.25, 0.3) is 0 Å². The molecule has 2 aromatic carbocycles. The molecule has 0 saturated heterocycles. The van der Waals surface area contributed by atoms with E-state index in [2.05, 4.69) is 33.5 Å². The predicted octanol–water partition coefficient (Wildman–Crippen LogP) is 10.9. The third-order valence-electron chi connectivity index (χ3n) is 8.39. The van der Waals surface area contributed by atoms with Crippen LogP contribution in [0.2, 0.25) is 0 Å². The fraction of sp³-hybridized carbons (Fsp3) is 0.590. The first-order valence-electron chi connectivity index (χ1n) is 19.5. The van der Waals surface area contributed by atoms with Gasteiger partial charge in [-0.2, -0.15) is 9.36 Å². The first-order chi connectivity index (χ1) is 27.3. The predicted molar refractivity (Wildman–Crippen MR) is 198 cm³/mol. The van der Waals surface area contributed by atoms with E-state index >= 15 is 0 Å². The molecular weight excluding hydrogens is 766 g/mol. The molecule has 0 unspecified atom stereocenters. The number of rotatable bonds is 25. The van der Waals surface area contributed by atoms with Crippen molar-refractivity contribution in [1.29, 1.82) is 0 Å². The van der Waals surface area contributed by atoms with Crippen molar-refractivity contribution in [2.75, 3.05) is 13.2 Å². The summed E-state index contributed by atoms with van der Waals surface area (Å²) in [6.07, 6.45) is 9.97. The number of alkyl halides is 6. The average molecular weight is 819 g/mol. The van der Waals surface area contributed by atoms with E-state index < -0.39 is 24.2 Å². The van der Waals surface area contributed by atoms with Crippen molar-refractivity contribution in [2.24, 2.45) is 0 Å². The van der Waals surface area contributed by atoms with Gasteiger partial charge >= 0.3 is 36.4 Å². The number of ether oxygens (including phenoxy) is 4. The van der Waals surface area contributed by atoms with Crippen LogP contribution in [0.25, 0.3) is 11.4 Å². The first kappa shape index (κ1) is 46.5. The molecule has 0 aliphatic rings. The fourth-order valence-electron chi connectivity index (χ4n) is 5.51. The molecule has 0 atom stereocenters. The van der Waals surface area contributed by atoms with E-state index in [9.17, 15) is 35.9 Å². The molecule has 0 aliphatic heterocycles. The van der Waals surface area contributed by atoms with E-state index in [0.717, 1.165) is 72.2 Å². The number of benzene rings is 2. The highest BCUT2D eigenvalue weighted by Gasteiger charge is 2.31. The molecule has 4 aromatic rings. The minimum Gasteiger partial charge on any atom is -0.449 e. The molecule has 0 amide bonds. The molecule has 0 aliphatic carbocycles. The highest BCUT2D eigenvalue weighted by atomic mass is 19.4. The summed E-state index contributed by atoms with van der Waals surface area (Å²) in [7, 11) is 0. The van der Waals surface area contributed by atoms with Crippen LogP contribution in [-0.2, 0) is 0 Å². The Morgan fingerprint density at radius 2 is 0.789 bits per heavy atom. The lowest BCUT2D eigenvalue weighted by atomic mass is 10.1. The maximum absolute atomic E-state index is 12.2. The zero-order chi connectivity index (χ0) is 41.5. The summed E-state index contributed by atoms with van der Waals surface area (Å²) in [5, 5.41) is 7.82. The van der Waals surface area contributed by atoms with Gasteiger partial charge < -0.3 is 27.8 Å². The minimum atomic E-state index is -4.78. The lowest BCUT2D eigenvalue weighted by Gasteiger charge is -2.08. The third-order valence-corrected chi connectivity index (χ3v) is 8.39. The lowest BCUT2D eigenvalue weighted by Crippen LogP contribution is -2.17. The Morgan fingerprint density at radius 3 is 1.09 bits per heavy atom. The molecule has 18 heteroatoms.